The molecule has 6 saturated heterocycles. The molecular formula is C76H140Ba2N4O6P4Si8. The number of hydrogen-bond donors (Lipinski definition) is 0. The van der Waals surface area contributed by atoms with Crippen molar-refractivity contribution in [3.63, 3.8) is 0 Å². The molecule has 10 rings (SSSR count). The number of hydrogen-bond acceptors (Lipinski definition) is 9. The molecule has 6 heterocycles. The summed E-state index contributed by atoms with van der Waals surface area (Å²) in [6.07, 6.45) is 15.3. The summed E-state index contributed by atoms with van der Waals surface area (Å²) in [5.74, 6) is 0. The molecule has 24 heteroatoms. The first kappa shape index (κ1) is 104. The van der Waals surface area contributed by atoms with Crippen LogP contribution in [0.5, 0.6) is 0 Å². The number of ether oxygens (including phenoxy) is 6. The van der Waals surface area contributed by atoms with Crippen LogP contribution in [0.1, 0.15) is 99.3 Å². The van der Waals surface area contributed by atoms with Crippen LogP contribution in [0.2, 0.25) is 157 Å². The van der Waals surface area contributed by atoms with E-state index < -0.39 is 63.9 Å². The van der Waals surface area contributed by atoms with Crippen molar-refractivity contribution in [2.75, 3.05) is 79.3 Å². The first-order valence-electron chi connectivity index (χ1n) is 36.7. The van der Waals surface area contributed by atoms with Crippen LogP contribution in [0.25, 0.3) is 4.98 Å². The van der Waals surface area contributed by atoms with Crippen molar-refractivity contribution in [3.8, 4) is 0 Å². The largest absolute Gasteiger partial charge is 2.00 e. The van der Waals surface area contributed by atoms with Gasteiger partial charge in [0.15, 0.2) is 24.7 Å². The van der Waals surface area contributed by atoms with Crippen LogP contribution in [-0.2, 0) is 28.4 Å². The van der Waals surface area contributed by atoms with Gasteiger partial charge in [-0.15, -0.1) is 29.5 Å². The van der Waals surface area contributed by atoms with Crippen LogP contribution in [0.4, 0.5) is 0 Å². The van der Waals surface area contributed by atoms with Gasteiger partial charge in [-0.1, -0.05) is 310 Å². The molecule has 0 saturated carbocycles. The average Bonchev–Trinajstić information content (AvgIpc) is 1.37. The van der Waals surface area contributed by atoms with Crippen molar-refractivity contribution < 1.29 is 28.4 Å². The minimum absolute atomic E-state index is 0. The van der Waals surface area contributed by atoms with E-state index in [2.05, 4.69) is 278 Å². The van der Waals surface area contributed by atoms with Gasteiger partial charge in [0.2, 0.25) is 0 Å². The van der Waals surface area contributed by atoms with Crippen molar-refractivity contribution in [2.45, 2.75) is 234 Å². The molecule has 6 fully saturated rings. The minimum atomic E-state index is -1.40. The van der Waals surface area contributed by atoms with Crippen molar-refractivity contribution in [1.29, 1.82) is 0 Å². The average molecular weight is 1830 g/mol. The van der Waals surface area contributed by atoms with E-state index in [0.29, 0.717) is 0 Å². The van der Waals surface area contributed by atoms with Gasteiger partial charge in [-0.25, -0.2) is 0 Å². The van der Waals surface area contributed by atoms with E-state index in [4.69, 9.17) is 47.4 Å². The van der Waals surface area contributed by atoms with Crippen LogP contribution in [0, 0.1) is 0 Å². The summed E-state index contributed by atoms with van der Waals surface area (Å²) in [4.78, 5) is 5.04. The Kier molecular flexibility index (Phi) is 60.2. The third kappa shape index (κ3) is 68.0. The summed E-state index contributed by atoms with van der Waals surface area (Å²) in [5, 5.41) is 0. The Hall–Kier alpha value is 1.95. The summed E-state index contributed by atoms with van der Waals surface area (Å²) in [6, 6.07) is 42.6. The minimum Gasteiger partial charge on any atom is -0.633 e. The summed E-state index contributed by atoms with van der Waals surface area (Å²) >= 11 is 0. The molecule has 6 aliphatic heterocycles. The summed E-state index contributed by atoms with van der Waals surface area (Å²) in [5.41, 5.74) is 10.5. The maximum absolute atomic E-state index is 5.04. The Morgan fingerprint density at radius 1 is 0.290 bits per heavy atom. The predicted octanol–water partition coefficient (Wildman–Crippen LogP) is 24.3. The van der Waals surface area contributed by atoms with Crippen molar-refractivity contribution in [3.05, 3.63) is 149 Å². The van der Waals surface area contributed by atoms with E-state index in [1.165, 1.54) is 153 Å². The Morgan fingerprint density at radius 3 is 0.600 bits per heavy atom. The number of rotatable bonds is 16. The van der Waals surface area contributed by atoms with Gasteiger partial charge >= 0.3 is 97.8 Å². The van der Waals surface area contributed by atoms with E-state index in [-0.39, 0.29) is 97.8 Å². The number of benzene rings is 4. The van der Waals surface area contributed by atoms with Crippen LogP contribution >= 0.6 is 32.1 Å². The summed E-state index contributed by atoms with van der Waals surface area (Å²) < 4.78 is 44.8. The number of nitrogens with zero attached hydrogens (tertiary/aromatic N) is 4. The van der Waals surface area contributed by atoms with Gasteiger partial charge in [0.1, 0.15) is 7.74 Å². The smallest absolute Gasteiger partial charge is 0.633 e. The first-order chi connectivity index (χ1) is 45.7. The fourth-order valence-electron chi connectivity index (χ4n) is 8.57. The van der Waals surface area contributed by atoms with E-state index in [9.17, 15) is 0 Å². The van der Waals surface area contributed by atoms with Gasteiger partial charge < -0.3 is 71.8 Å². The Labute approximate surface area is 710 Å². The molecule has 4 aromatic rings. The Balaban J connectivity index is 0. The van der Waals surface area contributed by atoms with E-state index in [1.807, 2.05) is 0 Å². The van der Waals surface area contributed by atoms with Gasteiger partial charge in [0.05, 0.1) is 0 Å². The van der Waals surface area contributed by atoms with E-state index in [1.54, 1.807) is 0 Å². The van der Waals surface area contributed by atoms with Gasteiger partial charge in [-0.05, 0) is 99.3 Å². The van der Waals surface area contributed by atoms with E-state index >= 15 is 0 Å². The molecule has 0 bridgehead atoms. The predicted molar refractivity (Wildman–Crippen MR) is 479 cm³/mol. The quantitative estimate of drug-likeness (QED) is 0.0628. The Morgan fingerprint density at radius 2 is 0.470 bits per heavy atom. The molecule has 10 nitrogen and oxygen atoms in total. The summed E-state index contributed by atoms with van der Waals surface area (Å²) in [7, 11) is -4.33. The SMILES string of the molecule is C1CCOC1.C1CCOC1.C1CCOC1.C1CCOC1.C1CCOC1.C1CCOC1.C[Si](C)(C)/N=C(/[P-][Si](C)(C)C)c1ccccc1.C[Si](C)(C)/N=C(/[P-][Si](C)(C)C)c1ccccc1.C[Si](C)(C)/N=C(/[P-][Si](C)(C)C)c1ccccc1.C[Si](C)(C)[N-]C(=P[Si](C)(C)C)c1ccccc1.[Ba+2].[Ba+2]. The fraction of sp³-hybridized carbons (Fsp3) is 0.632. The molecule has 0 spiro atoms. The molecule has 556 valence electrons. The summed E-state index contributed by atoms with van der Waals surface area (Å²) in [6.45, 7) is 68.4. The maximum atomic E-state index is 5.04. The first-order valence-corrected chi connectivity index (χ1v) is 71.4. The molecule has 6 aliphatic rings. The third-order valence-corrected chi connectivity index (χ3v) is 32.5. The molecule has 0 unspecified atom stereocenters. The molecular weight excluding hydrogens is 1690 g/mol. The standard InChI is InChI=1S/4C13H23NPSi2.6C4H8O.2Ba/c4*1-16(2,3)14-13(15-17(4,5)6)12-10-8-7-9-11-12;6*1-2-4-5-3-1;;/h4*7-11H,1-6H3;6*1-4H2;;/q4*-1;;;;;;;2*+2/b3*14-13+;;;;;;;;;. The van der Waals surface area contributed by atoms with Crippen molar-refractivity contribution in [2.24, 2.45) is 14.0 Å². The third-order valence-electron chi connectivity index (χ3n) is 12.6. The molecule has 0 aliphatic carbocycles. The van der Waals surface area contributed by atoms with Crippen molar-refractivity contribution in [1.82, 2.24) is 0 Å². The second kappa shape index (κ2) is 57.9. The van der Waals surface area contributed by atoms with Crippen LogP contribution < -0.4 is 0 Å². The molecule has 0 amide bonds. The van der Waals surface area contributed by atoms with Crippen LogP contribution in [0.3, 0.4) is 0 Å². The van der Waals surface area contributed by atoms with Gasteiger partial charge in [-0.3, -0.25) is 0 Å². The molecule has 100 heavy (non-hydrogen) atoms. The van der Waals surface area contributed by atoms with E-state index in [0.717, 1.165) is 79.3 Å². The monoisotopic (exact) mass is 1830 g/mol. The molecule has 0 radical (unpaired) electrons. The van der Waals surface area contributed by atoms with Gasteiger partial charge in [0.25, 0.3) is 0 Å². The Bertz CT molecular complexity index is 2310. The van der Waals surface area contributed by atoms with Gasteiger partial charge in [-0.2, -0.15) is 0 Å². The zero-order valence-corrected chi connectivity index (χ0v) is 88.4. The molecule has 0 N–H and O–H groups in total. The van der Waals surface area contributed by atoms with Crippen LogP contribution in [-0.4, -0.2) is 263 Å². The van der Waals surface area contributed by atoms with Gasteiger partial charge in [0, 0.05) is 79.3 Å². The van der Waals surface area contributed by atoms with Crippen LogP contribution in [0.15, 0.2) is 135 Å². The normalized spacial score (nSPS) is 17.0. The molecule has 4 aromatic carbocycles. The molecule has 0 atom stereocenters. The second-order valence-electron chi connectivity index (χ2n) is 32.9. The second-order valence-corrected chi connectivity index (χ2v) is 89.9. The fourth-order valence-corrected chi connectivity index (χ4v) is 30.7. The van der Waals surface area contributed by atoms with Crippen molar-refractivity contribution >= 4 is 216 Å². The zero-order chi connectivity index (χ0) is 73.6. The maximum Gasteiger partial charge on any atom is 2.00 e. The molecule has 0 aromatic heterocycles. The topological polar surface area (TPSA) is 107 Å². The zero-order valence-electron chi connectivity index (χ0n) is 68.0.